The molecule has 0 saturated heterocycles. The Morgan fingerprint density at radius 3 is 2.57 bits per heavy atom. The molecule has 0 bridgehead atoms. The zero-order chi connectivity index (χ0) is 21.7. The van der Waals surface area contributed by atoms with E-state index in [4.69, 9.17) is 9.47 Å². The molecule has 10 heteroatoms. The standard InChI is InChI=1S/C20H23N3O6S/c1-28-17-7-4-14(12-18(17)29-2)22-20(25)9-10-21-30(26,27)15-5-6-16-13(11-15)3-8-19(24)23-16/h4-7,11-12,21H,3,8-10H2,1-2H3,(H,22,25)(H,23,24). The Balaban J connectivity index is 1.56. The van der Waals surface area contributed by atoms with Crippen molar-refractivity contribution in [3.8, 4) is 11.5 Å². The van der Waals surface area contributed by atoms with Gasteiger partial charge in [0, 0.05) is 36.8 Å². The Kier molecular flexibility index (Phi) is 6.58. The number of carbonyl (C=O) groups is 2. The quantitative estimate of drug-likeness (QED) is 0.584. The molecule has 1 aliphatic rings. The minimum absolute atomic E-state index is 0.0471. The first-order valence-electron chi connectivity index (χ1n) is 9.26. The van der Waals surface area contributed by atoms with E-state index in [2.05, 4.69) is 15.4 Å². The first-order chi connectivity index (χ1) is 14.3. The lowest BCUT2D eigenvalue weighted by Crippen LogP contribution is -2.28. The summed E-state index contributed by atoms with van der Waals surface area (Å²) in [6.07, 6.45) is 0.757. The Labute approximate surface area is 174 Å². The molecule has 0 aromatic heterocycles. The van der Waals surface area contributed by atoms with Crippen molar-refractivity contribution in [3.63, 3.8) is 0 Å². The van der Waals surface area contributed by atoms with Crippen molar-refractivity contribution in [1.82, 2.24) is 4.72 Å². The molecule has 2 aromatic carbocycles. The third-order valence-corrected chi connectivity index (χ3v) is 6.05. The molecule has 3 rings (SSSR count). The highest BCUT2D eigenvalue weighted by atomic mass is 32.2. The van der Waals surface area contributed by atoms with Crippen LogP contribution in [0.25, 0.3) is 0 Å². The van der Waals surface area contributed by atoms with Gasteiger partial charge in [0.2, 0.25) is 21.8 Å². The van der Waals surface area contributed by atoms with Crippen LogP contribution in [0.2, 0.25) is 0 Å². The van der Waals surface area contributed by atoms with Gasteiger partial charge < -0.3 is 20.1 Å². The van der Waals surface area contributed by atoms with E-state index in [0.717, 1.165) is 5.56 Å². The molecule has 1 aliphatic heterocycles. The van der Waals surface area contributed by atoms with Crippen molar-refractivity contribution in [1.29, 1.82) is 0 Å². The normalized spacial score (nSPS) is 13.2. The molecular weight excluding hydrogens is 410 g/mol. The topological polar surface area (TPSA) is 123 Å². The molecule has 30 heavy (non-hydrogen) atoms. The second kappa shape index (κ2) is 9.14. The number of benzene rings is 2. The van der Waals surface area contributed by atoms with E-state index < -0.39 is 10.0 Å². The zero-order valence-corrected chi connectivity index (χ0v) is 17.5. The van der Waals surface area contributed by atoms with E-state index >= 15 is 0 Å². The van der Waals surface area contributed by atoms with Gasteiger partial charge in [-0.1, -0.05) is 0 Å². The number of fused-ring (bicyclic) bond motifs is 1. The maximum absolute atomic E-state index is 12.5. The molecule has 0 spiro atoms. The molecule has 0 saturated carbocycles. The van der Waals surface area contributed by atoms with Gasteiger partial charge in [-0.15, -0.1) is 0 Å². The predicted octanol–water partition coefficient (Wildman–Crippen LogP) is 1.90. The largest absolute Gasteiger partial charge is 0.493 e. The third kappa shape index (κ3) is 5.08. The van der Waals surface area contributed by atoms with Gasteiger partial charge in [0.25, 0.3) is 0 Å². The van der Waals surface area contributed by atoms with Crippen molar-refractivity contribution in [3.05, 3.63) is 42.0 Å². The summed E-state index contributed by atoms with van der Waals surface area (Å²) in [4.78, 5) is 23.7. The summed E-state index contributed by atoms with van der Waals surface area (Å²) < 4.78 is 37.8. The number of methoxy groups -OCH3 is 2. The molecule has 2 amide bonds. The Hall–Kier alpha value is -3.11. The SMILES string of the molecule is COc1ccc(NC(=O)CCNS(=O)(=O)c2ccc3c(c2)CCC(=O)N3)cc1OC. The fraction of sp³-hybridized carbons (Fsp3) is 0.300. The van der Waals surface area contributed by atoms with Crippen molar-refractivity contribution in [2.24, 2.45) is 0 Å². The number of aryl methyl sites for hydroxylation is 1. The van der Waals surface area contributed by atoms with Gasteiger partial charge in [0.05, 0.1) is 19.1 Å². The fourth-order valence-corrected chi connectivity index (χ4v) is 4.13. The molecule has 0 aliphatic carbocycles. The number of nitrogens with one attached hydrogen (secondary N) is 3. The first kappa shape index (κ1) is 21.6. The van der Waals surface area contributed by atoms with Gasteiger partial charge in [-0.2, -0.15) is 0 Å². The van der Waals surface area contributed by atoms with E-state index in [1.807, 2.05) is 0 Å². The predicted molar refractivity (Wildman–Crippen MR) is 111 cm³/mol. The van der Waals surface area contributed by atoms with Crippen LogP contribution >= 0.6 is 0 Å². The first-order valence-corrected chi connectivity index (χ1v) is 10.7. The van der Waals surface area contributed by atoms with Crippen LogP contribution in [-0.4, -0.2) is 41.0 Å². The molecule has 9 nitrogen and oxygen atoms in total. The van der Waals surface area contributed by atoms with Gasteiger partial charge >= 0.3 is 0 Å². The fourth-order valence-electron chi connectivity index (χ4n) is 3.05. The maximum atomic E-state index is 12.5. The highest BCUT2D eigenvalue weighted by Gasteiger charge is 2.20. The Morgan fingerprint density at radius 2 is 1.83 bits per heavy atom. The Morgan fingerprint density at radius 1 is 1.07 bits per heavy atom. The lowest BCUT2D eigenvalue weighted by atomic mass is 10.0. The van der Waals surface area contributed by atoms with Crippen LogP contribution in [0.3, 0.4) is 0 Å². The monoisotopic (exact) mass is 433 g/mol. The number of ether oxygens (including phenoxy) is 2. The molecule has 3 N–H and O–H groups in total. The van der Waals surface area contributed by atoms with E-state index in [-0.39, 0.29) is 29.7 Å². The van der Waals surface area contributed by atoms with Gasteiger partial charge in [0.15, 0.2) is 11.5 Å². The number of hydrogen-bond donors (Lipinski definition) is 3. The number of amides is 2. The minimum Gasteiger partial charge on any atom is -0.493 e. The summed E-state index contributed by atoms with van der Waals surface area (Å²) in [6.45, 7) is -0.0602. The average Bonchev–Trinajstić information content (AvgIpc) is 2.73. The summed E-state index contributed by atoms with van der Waals surface area (Å²) in [7, 11) is -0.767. The summed E-state index contributed by atoms with van der Waals surface area (Å²) in [5.41, 5.74) is 1.90. The smallest absolute Gasteiger partial charge is 0.240 e. The van der Waals surface area contributed by atoms with Crippen LogP contribution in [0.5, 0.6) is 11.5 Å². The second-order valence-electron chi connectivity index (χ2n) is 6.63. The van der Waals surface area contributed by atoms with Crippen LogP contribution in [0, 0.1) is 0 Å². The van der Waals surface area contributed by atoms with Crippen LogP contribution in [0.15, 0.2) is 41.3 Å². The molecule has 160 valence electrons. The minimum atomic E-state index is -3.77. The van der Waals surface area contributed by atoms with Gasteiger partial charge in [-0.3, -0.25) is 9.59 Å². The van der Waals surface area contributed by atoms with E-state index in [1.165, 1.54) is 20.3 Å². The summed E-state index contributed by atoms with van der Waals surface area (Å²) in [6, 6.07) is 9.49. The molecular formula is C20H23N3O6S. The molecule has 0 atom stereocenters. The number of hydrogen-bond acceptors (Lipinski definition) is 6. The van der Waals surface area contributed by atoms with E-state index in [9.17, 15) is 18.0 Å². The summed E-state index contributed by atoms with van der Waals surface area (Å²) in [5.74, 6) is 0.572. The lowest BCUT2D eigenvalue weighted by molar-refractivity contribution is -0.117. The second-order valence-corrected chi connectivity index (χ2v) is 8.40. The Bertz CT molecular complexity index is 1070. The maximum Gasteiger partial charge on any atom is 0.240 e. The van der Waals surface area contributed by atoms with Crippen molar-refractivity contribution in [2.45, 2.75) is 24.2 Å². The summed E-state index contributed by atoms with van der Waals surface area (Å²) in [5, 5.41) is 5.40. The van der Waals surface area contributed by atoms with Gasteiger partial charge in [-0.05, 0) is 42.3 Å². The number of sulfonamides is 1. The van der Waals surface area contributed by atoms with Crippen molar-refractivity contribution >= 4 is 33.2 Å². The van der Waals surface area contributed by atoms with Crippen molar-refractivity contribution in [2.75, 3.05) is 31.4 Å². The van der Waals surface area contributed by atoms with Crippen LogP contribution in [0.1, 0.15) is 18.4 Å². The van der Waals surface area contributed by atoms with Crippen molar-refractivity contribution < 1.29 is 27.5 Å². The number of anilines is 2. The molecule has 0 fully saturated rings. The number of carbonyl (C=O) groups excluding carboxylic acids is 2. The molecule has 0 radical (unpaired) electrons. The van der Waals surface area contributed by atoms with Crippen LogP contribution < -0.4 is 24.8 Å². The van der Waals surface area contributed by atoms with Crippen LogP contribution in [0.4, 0.5) is 11.4 Å². The average molecular weight is 433 g/mol. The summed E-state index contributed by atoms with van der Waals surface area (Å²) >= 11 is 0. The van der Waals surface area contributed by atoms with Gasteiger partial charge in [-0.25, -0.2) is 13.1 Å². The highest BCUT2D eigenvalue weighted by Crippen LogP contribution is 2.29. The molecule has 2 aromatic rings. The van der Waals surface area contributed by atoms with Crippen LogP contribution in [-0.2, 0) is 26.0 Å². The van der Waals surface area contributed by atoms with E-state index in [0.29, 0.717) is 35.7 Å². The molecule has 1 heterocycles. The number of rotatable bonds is 8. The van der Waals surface area contributed by atoms with E-state index in [1.54, 1.807) is 30.3 Å². The third-order valence-electron chi connectivity index (χ3n) is 4.59. The lowest BCUT2D eigenvalue weighted by Gasteiger charge is -2.17. The van der Waals surface area contributed by atoms with Gasteiger partial charge in [0.1, 0.15) is 0 Å². The highest BCUT2D eigenvalue weighted by molar-refractivity contribution is 7.89. The molecule has 0 unspecified atom stereocenters. The zero-order valence-electron chi connectivity index (χ0n) is 16.7.